The molecule has 4 rings (SSSR count). The number of phenolic OH excluding ortho intramolecular Hbond substituents is 1. The van der Waals surface area contributed by atoms with Crippen molar-refractivity contribution in [3.63, 3.8) is 0 Å². The Balaban J connectivity index is 1.40. The predicted octanol–water partition coefficient (Wildman–Crippen LogP) is 5.78. The number of rotatable bonds is 7. The second-order valence-electron chi connectivity index (χ2n) is 7.14. The molecule has 4 nitrogen and oxygen atoms in total. The van der Waals surface area contributed by atoms with Crippen molar-refractivity contribution >= 4 is 5.97 Å². The second-order valence-corrected chi connectivity index (χ2v) is 7.14. The van der Waals surface area contributed by atoms with Crippen LogP contribution in [0.4, 0.5) is 0 Å². The maximum atomic E-state index is 12.8. The Labute approximate surface area is 181 Å². The van der Waals surface area contributed by atoms with Crippen molar-refractivity contribution in [1.82, 2.24) is 0 Å². The molecule has 1 N–H and O–H groups in total. The molecule has 154 valence electrons. The summed E-state index contributed by atoms with van der Waals surface area (Å²) in [6.07, 6.45) is 0.567. The molecule has 0 saturated carbocycles. The van der Waals surface area contributed by atoms with E-state index in [0.717, 1.165) is 16.7 Å². The molecule has 4 aromatic rings. The second kappa shape index (κ2) is 9.63. The fraction of sp³-hybridized carbons (Fsp3) is 0.0741. The van der Waals surface area contributed by atoms with Gasteiger partial charge in [-0.1, -0.05) is 60.7 Å². The standard InChI is InChI=1S/C27H22O4/c28-23-12-10-20(11-13-23)18-22-8-4-5-9-26(22)27(29)31-25-16-14-24(15-17-25)30-19-21-6-2-1-3-7-21/h1-17,28H,18-19H2. The van der Waals surface area contributed by atoms with Gasteiger partial charge in [-0.3, -0.25) is 0 Å². The molecule has 0 aromatic heterocycles. The monoisotopic (exact) mass is 410 g/mol. The van der Waals surface area contributed by atoms with E-state index in [1.165, 1.54) is 0 Å². The molecule has 0 unspecified atom stereocenters. The molecule has 0 aliphatic rings. The van der Waals surface area contributed by atoms with Crippen LogP contribution in [-0.2, 0) is 13.0 Å². The fourth-order valence-corrected chi connectivity index (χ4v) is 3.21. The lowest BCUT2D eigenvalue weighted by Gasteiger charge is -2.11. The third-order valence-electron chi connectivity index (χ3n) is 4.85. The van der Waals surface area contributed by atoms with E-state index in [4.69, 9.17) is 9.47 Å². The summed E-state index contributed by atoms with van der Waals surface area (Å²) in [7, 11) is 0. The van der Waals surface area contributed by atoms with Crippen LogP contribution >= 0.6 is 0 Å². The highest BCUT2D eigenvalue weighted by molar-refractivity contribution is 5.92. The molecule has 0 radical (unpaired) electrons. The van der Waals surface area contributed by atoms with E-state index < -0.39 is 5.97 Å². The lowest BCUT2D eigenvalue weighted by molar-refractivity contribution is 0.0733. The first-order valence-corrected chi connectivity index (χ1v) is 10.0. The quantitative estimate of drug-likeness (QED) is 0.310. The highest BCUT2D eigenvalue weighted by Gasteiger charge is 2.14. The van der Waals surface area contributed by atoms with Gasteiger partial charge in [0.15, 0.2) is 0 Å². The van der Waals surface area contributed by atoms with E-state index in [0.29, 0.717) is 30.1 Å². The Hall–Kier alpha value is -4.05. The van der Waals surface area contributed by atoms with Gasteiger partial charge >= 0.3 is 5.97 Å². The Morgan fingerprint density at radius 3 is 2.06 bits per heavy atom. The fourth-order valence-electron chi connectivity index (χ4n) is 3.21. The number of aromatic hydroxyl groups is 1. The van der Waals surface area contributed by atoms with Crippen molar-refractivity contribution in [2.75, 3.05) is 0 Å². The van der Waals surface area contributed by atoms with E-state index in [1.807, 2.05) is 60.7 Å². The van der Waals surface area contributed by atoms with Crippen LogP contribution in [0.25, 0.3) is 0 Å². The van der Waals surface area contributed by atoms with Crippen LogP contribution in [-0.4, -0.2) is 11.1 Å². The number of phenols is 1. The van der Waals surface area contributed by atoms with Crippen LogP contribution in [0.3, 0.4) is 0 Å². The van der Waals surface area contributed by atoms with Gasteiger partial charge in [-0.25, -0.2) is 4.79 Å². The SMILES string of the molecule is O=C(Oc1ccc(OCc2ccccc2)cc1)c1ccccc1Cc1ccc(O)cc1. The molecule has 0 bridgehead atoms. The summed E-state index contributed by atoms with van der Waals surface area (Å²) in [6, 6.07) is 31.3. The summed E-state index contributed by atoms with van der Waals surface area (Å²) in [4.78, 5) is 12.8. The van der Waals surface area contributed by atoms with Gasteiger partial charge < -0.3 is 14.6 Å². The summed E-state index contributed by atoms with van der Waals surface area (Å²) in [6.45, 7) is 0.477. The minimum atomic E-state index is -0.410. The molecule has 4 heteroatoms. The number of carbonyl (C=O) groups is 1. The molecule has 0 atom stereocenters. The lowest BCUT2D eigenvalue weighted by atomic mass is 10.00. The largest absolute Gasteiger partial charge is 0.508 e. The van der Waals surface area contributed by atoms with Gasteiger partial charge in [-0.15, -0.1) is 0 Å². The average Bonchev–Trinajstić information content (AvgIpc) is 2.81. The summed E-state index contributed by atoms with van der Waals surface area (Å²) in [5.41, 5.74) is 3.46. The molecular weight excluding hydrogens is 388 g/mol. The van der Waals surface area contributed by atoms with Gasteiger partial charge in [0, 0.05) is 0 Å². The topological polar surface area (TPSA) is 55.8 Å². The summed E-state index contributed by atoms with van der Waals surface area (Å²) >= 11 is 0. The number of hydrogen-bond donors (Lipinski definition) is 1. The van der Waals surface area contributed by atoms with Crippen molar-refractivity contribution in [1.29, 1.82) is 0 Å². The lowest BCUT2D eigenvalue weighted by Crippen LogP contribution is -2.11. The first kappa shape index (κ1) is 20.2. The molecule has 31 heavy (non-hydrogen) atoms. The molecular formula is C27H22O4. The van der Waals surface area contributed by atoms with Crippen LogP contribution in [0.5, 0.6) is 17.2 Å². The zero-order valence-electron chi connectivity index (χ0n) is 16.9. The van der Waals surface area contributed by atoms with Crippen molar-refractivity contribution in [3.05, 3.63) is 125 Å². The first-order chi connectivity index (χ1) is 15.2. The zero-order valence-corrected chi connectivity index (χ0v) is 16.9. The highest BCUT2D eigenvalue weighted by Crippen LogP contribution is 2.22. The molecule has 0 spiro atoms. The number of esters is 1. The van der Waals surface area contributed by atoms with Gasteiger partial charge in [0.2, 0.25) is 0 Å². The Bertz CT molecular complexity index is 1130. The van der Waals surface area contributed by atoms with Crippen LogP contribution in [0, 0.1) is 0 Å². The molecule has 0 aliphatic heterocycles. The van der Waals surface area contributed by atoms with Gasteiger partial charge in [0.05, 0.1) is 5.56 Å². The first-order valence-electron chi connectivity index (χ1n) is 10.0. The molecule has 4 aromatic carbocycles. The Morgan fingerprint density at radius 1 is 0.677 bits per heavy atom. The maximum Gasteiger partial charge on any atom is 0.343 e. The van der Waals surface area contributed by atoms with Gasteiger partial charge in [-0.2, -0.15) is 0 Å². The van der Waals surface area contributed by atoms with Gasteiger partial charge in [0.1, 0.15) is 23.9 Å². The van der Waals surface area contributed by atoms with Crippen LogP contribution in [0.2, 0.25) is 0 Å². The smallest absolute Gasteiger partial charge is 0.343 e. The minimum Gasteiger partial charge on any atom is -0.508 e. The van der Waals surface area contributed by atoms with E-state index in [1.54, 1.807) is 42.5 Å². The molecule has 0 saturated heterocycles. The third kappa shape index (κ3) is 5.52. The van der Waals surface area contributed by atoms with Crippen molar-refractivity contribution in [2.24, 2.45) is 0 Å². The van der Waals surface area contributed by atoms with Crippen molar-refractivity contribution in [2.45, 2.75) is 13.0 Å². The summed E-state index contributed by atoms with van der Waals surface area (Å²) < 4.78 is 11.4. The normalized spacial score (nSPS) is 10.5. The number of carbonyl (C=O) groups excluding carboxylic acids is 1. The third-order valence-corrected chi connectivity index (χ3v) is 4.85. The number of benzene rings is 4. The average molecular weight is 410 g/mol. The summed E-state index contributed by atoms with van der Waals surface area (Å²) in [5, 5.41) is 9.46. The molecule has 0 heterocycles. The van der Waals surface area contributed by atoms with Crippen molar-refractivity contribution < 1.29 is 19.4 Å². The number of ether oxygens (including phenoxy) is 2. The van der Waals surface area contributed by atoms with E-state index >= 15 is 0 Å². The van der Waals surface area contributed by atoms with Crippen LogP contribution in [0.15, 0.2) is 103 Å². The maximum absolute atomic E-state index is 12.8. The van der Waals surface area contributed by atoms with Crippen LogP contribution < -0.4 is 9.47 Å². The van der Waals surface area contributed by atoms with Gasteiger partial charge in [-0.05, 0) is 65.6 Å². The highest BCUT2D eigenvalue weighted by atomic mass is 16.5. The van der Waals surface area contributed by atoms with Gasteiger partial charge in [0.25, 0.3) is 0 Å². The van der Waals surface area contributed by atoms with Crippen molar-refractivity contribution in [3.8, 4) is 17.2 Å². The summed E-state index contributed by atoms with van der Waals surface area (Å²) in [5.74, 6) is 0.966. The Kier molecular flexibility index (Phi) is 6.29. The number of hydrogen-bond acceptors (Lipinski definition) is 4. The van der Waals surface area contributed by atoms with Crippen LogP contribution in [0.1, 0.15) is 27.0 Å². The van der Waals surface area contributed by atoms with E-state index in [2.05, 4.69) is 0 Å². The van der Waals surface area contributed by atoms with E-state index in [9.17, 15) is 9.90 Å². The molecule has 0 aliphatic carbocycles. The molecule has 0 fully saturated rings. The minimum absolute atomic E-state index is 0.215. The van der Waals surface area contributed by atoms with E-state index in [-0.39, 0.29) is 5.75 Å². The molecule has 0 amide bonds. The zero-order chi connectivity index (χ0) is 21.5. The predicted molar refractivity (Wildman–Crippen MR) is 120 cm³/mol. The Morgan fingerprint density at radius 2 is 1.32 bits per heavy atom.